The number of hydrogen-bond acceptors (Lipinski definition) is 5. The molecule has 4 rings (SSSR count). The highest BCUT2D eigenvalue weighted by Crippen LogP contribution is 2.52. The van der Waals surface area contributed by atoms with Crippen LogP contribution in [0, 0.1) is 23.7 Å². The topological polar surface area (TPSA) is 80.5 Å². The first-order valence-corrected chi connectivity index (χ1v) is 10.3. The largest absolute Gasteiger partial charge is 0.439 e. The molecule has 0 aromatic rings. The van der Waals surface area contributed by atoms with E-state index in [1.54, 1.807) is 13.8 Å². The summed E-state index contributed by atoms with van der Waals surface area (Å²) >= 11 is 0. The Bertz CT molecular complexity index is 609. The minimum atomic E-state index is -1.02. The third-order valence-electron chi connectivity index (χ3n) is 7.25. The van der Waals surface area contributed by atoms with Crippen molar-refractivity contribution < 1.29 is 23.8 Å². The molecule has 8 unspecified atom stereocenters. The second-order valence-electron chi connectivity index (χ2n) is 10.3. The number of esters is 1. The molecule has 6 nitrogen and oxygen atoms in total. The lowest BCUT2D eigenvalue weighted by atomic mass is 9.75. The molecule has 0 aromatic heterocycles. The van der Waals surface area contributed by atoms with Crippen molar-refractivity contribution in [3.05, 3.63) is 0 Å². The number of ether oxygens (including phenoxy) is 3. The van der Waals surface area contributed by atoms with Crippen LogP contribution in [0.4, 0.5) is 0 Å². The van der Waals surface area contributed by atoms with Gasteiger partial charge in [-0.05, 0) is 65.2 Å². The van der Waals surface area contributed by atoms with Crippen LogP contribution in [-0.2, 0) is 23.8 Å². The van der Waals surface area contributed by atoms with E-state index in [0.717, 1.165) is 19.3 Å². The molecule has 152 valence electrons. The fourth-order valence-corrected chi connectivity index (χ4v) is 5.46. The zero-order valence-electron chi connectivity index (χ0n) is 17.3. The summed E-state index contributed by atoms with van der Waals surface area (Å²) in [6.07, 6.45) is 3.58. The predicted octanol–water partition coefficient (Wildman–Crippen LogP) is 2.79. The molecule has 2 aliphatic carbocycles. The Labute approximate surface area is 161 Å². The fraction of sp³-hybridized carbons (Fsp3) is 0.905. The standard InChI is InChI=1S/C21H33NO5/c1-11-9-20(5)15(25-20)7-13(11)17(23)22-19(3,4)27-18(24)14-8-16-21(6,26-16)10-12(14)2/h11-16H,7-10H2,1-6H3,(H,22,23). The monoisotopic (exact) mass is 379 g/mol. The first-order chi connectivity index (χ1) is 12.4. The quantitative estimate of drug-likeness (QED) is 0.461. The van der Waals surface area contributed by atoms with Crippen LogP contribution in [0.1, 0.15) is 67.2 Å². The van der Waals surface area contributed by atoms with Crippen LogP contribution < -0.4 is 5.32 Å². The van der Waals surface area contributed by atoms with Gasteiger partial charge in [-0.1, -0.05) is 13.8 Å². The number of nitrogens with one attached hydrogen (secondary N) is 1. The van der Waals surface area contributed by atoms with Crippen molar-refractivity contribution >= 4 is 11.9 Å². The summed E-state index contributed by atoms with van der Waals surface area (Å²) in [6, 6.07) is 0. The second kappa shape index (κ2) is 5.93. The number of carbonyl (C=O) groups is 2. The van der Waals surface area contributed by atoms with Gasteiger partial charge in [0.25, 0.3) is 0 Å². The smallest absolute Gasteiger partial charge is 0.311 e. The van der Waals surface area contributed by atoms with Gasteiger partial charge in [0, 0.05) is 5.92 Å². The molecule has 2 saturated heterocycles. The van der Waals surface area contributed by atoms with Gasteiger partial charge >= 0.3 is 5.97 Å². The van der Waals surface area contributed by atoms with Gasteiger partial charge < -0.3 is 19.5 Å². The molecule has 8 atom stereocenters. The Hall–Kier alpha value is -1.14. The summed E-state index contributed by atoms with van der Waals surface area (Å²) in [5, 5.41) is 2.95. The molecule has 0 spiro atoms. The summed E-state index contributed by atoms with van der Waals surface area (Å²) in [5.41, 5.74) is -1.10. The predicted molar refractivity (Wildman–Crippen MR) is 98.6 cm³/mol. The average molecular weight is 379 g/mol. The van der Waals surface area contributed by atoms with Crippen molar-refractivity contribution in [1.29, 1.82) is 0 Å². The molecular formula is C21H33NO5. The highest BCUT2D eigenvalue weighted by molar-refractivity contribution is 5.80. The molecule has 0 radical (unpaired) electrons. The van der Waals surface area contributed by atoms with Crippen LogP contribution in [0.5, 0.6) is 0 Å². The Morgan fingerprint density at radius 1 is 0.963 bits per heavy atom. The third-order valence-corrected chi connectivity index (χ3v) is 7.25. The van der Waals surface area contributed by atoms with Gasteiger partial charge in [-0.25, -0.2) is 0 Å². The molecule has 1 amide bonds. The molecule has 2 saturated carbocycles. The molecule has 2 aliphatic heterocycles. The Balaban J connectivity index is 1.33. The summed E-state index contributed by atoms with van der Waals surface area (Å²) in [5.74, 6) is -0.0828. The lowest BCUT2D eigenvalue weighted by molar-refractivity contribution is -0.169. The molecular weight excluding hydrogens is 346 g/mol. The first-order valence-electron chi connectivity index (χ1n) is 10.3. The van der Waals surface area contributed by atoms with Crippen molar-refractivity contribution in [3.63, 3.8) is 0 Å². The van der Waals surface area contributed by atoms with E-state index in [-0.39, 0.29) is 59.0 Å². The maximum atomic E-state index is 12.8. The van der Waals surface area contributed by atoms with Gasteiger partial charge in [-0.3, -0.25) is 9.59 Å². The molecule has 0 aromatic carbocycles. The van der Waals surface area contributed by atoms with Gasteiger partial charge in [-0.15, -0.1) is 0 Å². The van der Waals surface area contributed by atoms with E-state index in [9.17, 15) is 9.59 Å². The highest BCUT2D eigenvalue weighted by Gasteiger charge is 2.60. The number of epoxide rings is 2. The van der Waals surface area contributed by atoms with Crippen LogP contribution >= 0.6 is 0 Å². The lowest BCUT2D eigenvalue weighted by Crippen LogP contribution is -2.52. The zero-order valence-corrected chi connectivity index (χ0v) is 17.3. The first kappa shape index (κ1) is 19.2. The van der Waals surface area contributed by atoms with E-state index in [2.05, 4.69) is 33.0 Å². The normalized spacial score (nSPS) is 48.1. The molecule has 6 heteroatoms. The van der Waals surface area contributed by atoms with E-state index in [0.29, 0.717) is 6.42 Å². The van der Waals surface area contributed by atoms with Crippen molar-refractivity contribution in [2.24, 2.45) is 23.7 Å². The van der Waals surface area contributed by atoms with Crippen molar-refractivity contribution in [3.8, 4) is 0 Å². The van der Waals surface area contributed by atoms with Crippen LogP contribution in [0.2, 0.25) is 0 Å². The zero-order chi connectivity index (χ0) is 19.8. The maximum Gasteiger partial charge on any atom is 0.311 e. The summed E-state index contributed by atoms with van der Waals surface area (Å²) in [4.78, 5) is 25.6. The van der Waals surface area contributed by atoms with Gasteiger partial charge in [0.1, 0.15) is 0 Å². The van der Waals surface area contributed by atoms with E-state index in [1.165, 1.54) is 0 Å². The number of fused-ring (bicyclic) bond motifs is 2. The number of amides is 1. The summed E-state index contributed by atoms with van der Waals surface area (Å²) in [7, 11) is 0. The molecule has 4 aliphatic rings. The summed E-state index contributed by atoms with van der Waals surface area (Å²) < 4.78 is 17.2. The molecule has 2 heterocycles. The molecule has 1 N–H and O–H groups in total. The van der Waals surface area contributed by atoms with Crippen LogP contribution in [0.25, 0.3) is 0 Å². The van der Waals surface area contributed by atoms with Gasteiger partial charge in [-0.2, -0.15) is 0 Å². The van der Waals surface area contributed by atoms with Crippen LogP contribution in [0.15, 0.2) is 0 Å². The van der Waals surface area contributed by atoms with Gasteiger partial charge in [0.05, 0.1) is 29.3 Å². The molecule has 4 fully saturated rings. The van der Waals surface area contributed by atoms with Crippen molar-refractivity contribution in [2.75, 3.05) is 0 Å². The SMILES string of the molecule is CC1CC2(C)OC2CC1C(=O)NC(C)(C)OC(=O)C1CC2OC2(C)CC1C. The van der Waals surface area contributed by atoms with E-state index in [1.807, 2.05) is 0 Å². The van der Waals surface area contributed by atoms with Gasteiger partial charge in [0.2, 0.25) is 5.91 Å². The highest BCUT2D eigenvalue weighted by atomic mass is 16.6. The van der Waals surface area contributed by atoms with Crippen LogP contribution in [-0.4, -0.2) is 41.0 Å². The summed E-state index contributed by atoms with van der Waals surface area (Å²) in [6.45, 7) is 11.9. The second-order valence-corrected chi connectivity index (χ2v) is 10.3. The number of rotatable bonds is 4. The van der Waals surface area contributed by atoms with E-state index >= 15 is 0 Å². The number of carbonyl (C=O) groups excluding carboxylic acids is 2. The van der Waals surface area contributed by atoms with Gasteiger partial charge in [0.15, 0.2) is 5.72 Å². The minimum Gasteiger partial charge on any atom is -0.439 e. The molecule has 0 bridgehead atoms. The average Bonchev–Trinajstić information content (AvgIpc) is 3.36. The number of hydrogen-bond donors (Lipinski definition) is 1. The van der Waals surface area contributed by atoms with E-state index < -0.39 is 5.72 Å². The van der Waals surface area contributed by atoms with Crippen molar-refractivity contribution in [2.45, 2.75) is 96.4 Å². The third kappa shape index (κ3) is 3.51. The maximum absolute atomic E-state index is 12.8. The Morgan fingerprint density at radius 3 is 2.00 bits per heavy atom. The lowest BCUT2D eigenvalue weighted by Gasteiger charge is -2.35. The van der Waals surface area contributed by atoms with Crippen LogP contribution in [0.3, 0.4) is 0 Å². The Morgan fingerprint density at radius 2 is 1.44 bits per heavy atom. The minimum absolute atomic E-state index is 0.0331. The van der Waals surface area contributed by atoms with Crippen molar-refractivity contribution in [1.82, 2.24) is 5.32 Å². The fourth-order valence-electron chi connectivity index (χ4n) is 5.46. The Kier molecular flexibility index (Phi) is 4.21. The van der Waals surface area contributed by atoms with E-state index in [4.69, 9.17) is 14.2 Å². The molecule has 27 heavy (non-hydrogen) atoms.